The number of piperazine rings is 1. The highest BCUT2D eigenvalue weighted by Crippen LogP contribution is 2.27. The largest absolute Gasteiger partial charge is 0.314 e. The fraction of sp³-hybridized carbons (Fsp3) is 0.400. The van der Waals surface area contributed by atoms with Crippen LogP contribution in [0.25, 0.3) is 0 Å². The second-order valence-electron chi connectivity index (χ2n) is 3.88. The minimum atomic E-state index is -3.48. The van der Waals surface area contributed by atoms with Gasteiger partial charge in [0.15, 0.2) is 0 Å². The second kappa shape index (κ2) is 5.87. The summed E-state index contributed by atoms with van der Waals surface area (Å²) in [5.41, 5.74) is 0.530. The summed E-state index contributed by atoms with van der Waals surface area (Å²) >= 11 is 6.65. The van der Waals surface area contributed by atoms with Gasteiger partial charge in [-0.15, -0.1) is 0 Å². The first-order valence-electron chi connectivity index (χ1n) is 5.43. The zero-order valence-electron chi connectivity index (χ0n) is 9.49. The highest BCUT2D eigenvalue weighted by molar-refractivity contribution is 9.11. The van der Waals surface area contributed by atoms with Crippen LogP contribution in [0.15, 0.2) is 27.1 Å². The van der Waals surface area contributed by atoms with Crippen molar-refractivity contribution in [1.29, 1.82) is 0 Å². The van der Waals surface area contributed by atoms with Crippen LogP contribution in [0.1, 0.15) is 0 Å². The lowest BCUT2D eigenvalue weighted by Gasteiger charge is -2.27. The van der Waals surface area contributed by atoms with Gasteiger partial charge >= 0.3 is 10.2 Å². The first-order chi connectivity index (χ1) is 8.49. The molecule has 0 aliphatic carbocycles. The van der Waals surface area contributed by atoms with E-state index in [9.17, 15) is 8.42 Å². The van der Waals surface area contributed by atoms with Gasteiger partial charge in [-0.3, -0.25) is 4.72 Å². The van der Waals surface area contributed by atoms with E-state index in [4.69, 9.17) is 0 Å². The fourth-order valence-electron chi connectivity index (χ4n) is 1.66. The topological polar surface area (TPSA) is 61.4 Å². The molecule has 0 radical (unpaired) electrons. The third kappa shape index (κ3) is 3.45. The van der Waals surface area contributed by atoms with Gasteiger partial charge in [0.1, 0.15) is 0 Å². The van der Waals surface area contributed by atoms with E-state index >= 15 is 0 Å². The molecule has 0 atom stereocenters. The highest BCUT2D eigenvalue weighted by atomic mass is 79.9. The number of benzene rings is 1. The molecule has 100 valence electrons. The zero-order chi connectivity index (χ0) is 13.2. The molecule has 1 aromatic carbocycles. The standard InChI is InChI=1S/C10H13Br2N3O2S/c11-8-1-2-9(12)10(7-8)14-18(16,17)15-5-3-13-4-6-15/h1-2,7,13-14H,3-6H2. The van der Waals surface area contributed by atoms with Crippen LogP contribution >= 0.6 is 31.9 Å². The third-order valence-corrected chi connectivity index (χ3v) is 5.29. The molecule has 8 heteroatoms. The van der Waals surface area contributed by atoms with Crippen molar-refractivity contribution in [2.24, 2.45) is 0 Å². The molecular formula is C10H13Br2N3O2S. The van der Waals surface area contributed by atoms with E-state index in [-0.39, 0.29) is 0 Å². The van der Waals surface area contributed by atoms with E-state index in [2.05, 4.69) is 41.9 Å². The Kier molecular flexibility index (Phi) is 4.65. The molecule has 2 N–H and O–H groups in total. The van der Waals surface area contributed by atoms with Crippen molar-refractivity contribution in [2.45, 2.75) is 0 Å². The van der Waals surface area contributed by atoms with Gasteiger partial charge in [-0.2, -0.15) is 12.7 Å². The first-order valence-corrected chi connectivity index (χ1v) is 8.45. The molecule has 18 heavy (non-hydrogen) atoms. The third-order valence-electron chi connectivity index (χ3n) is 2.58. The number of hydrogen-bond acceptors (Lipinski definition) is 3. The minimum absolute atomic E-state index is 0.487. The van der Waals surface area contributed by atoms with Crippen molar-refractivity contribution in [2.75, 3.05) is 30.9 Å². The number of rotatable bonds is 3. The zero-order valence-corrected chi connectivity index (χ0v) is 13.5. The number of hydrogen-bond donors (Lipinski definition) is 2. The summed E-state index contributed by atoms with van der Waals surface area (Å²) in [6.45, 7) is 2.34. The highest BCUT2D eigenvalue weighted by Gasteiger charge is 2.24. The van der Waals surface area contributed by atoms with Crippen molar-refractivity contribution in [3.8, 4) is 0 Å². The Morgan fingerprint density at radius 2 is 1.89 bits per heavy atom. The number of anilines is 1. The molecule has 1 heterocycles. The Morgan fingerprint density at radius 3 is 2.56 bits per heavy atom. The summed E-state index contributed by atoms with van der Waals surface area (Å²) in [4.78, 5) is 0. The van der Waals surface area contributed by atoms with Crippen molar-refractivity contribution < 1.29 is 8.42 Å². The predicted octanol–water partition coefficient (Wildman–Crippen LogP) is 1.77. The van der Waals surface area contributed by atoms with Crippen LogP contribution in [0.3, 0.4) is 0 Å². The lowest BCUT2D eigenvalue weighted by atomic mass is 10.3. The maximum Gasteiger partial charge on any atom is 0.301 e. The van der Waals surface area contributed by atoms with Gasteiger partial charge in [0.2, 0.25) is 0 Å². The average Bonchev–Trinajstić information content (AvgIpc) is 2.35. The van der Waals surface area contributed by atoms with Gasteiger partial charge in [-0.1, -0.05) is 15.9 Å². The average molecular weight is 399 g/mol. The normalized spacial score (nSPS) is 17.7. The minimum Gasteiger partial charge on any atom is -0.314 e. The van der Waals surface area contributed by atoms with Gasteiger partial charge in [0, 0.05) is 35.1 Å². The smallest absolute Gasteiger partial charge is 0.301 e. The summed E-state index contributed by atoms with van der Waals surface area (Å²) in [5, 5.41) is 3.12. The van der Waals surface area contributed by atoms with Gasteiger partial charge < -0.3 is 5.32 Å². The van der Waals surface area contributed by atoms with Crippen molar-refractivity contribution in [3.05, 3.63) is 27.1 Å². The van der Waals surface area contributed by atoms with Gasteiger partial charge in [0.05, 0.1) is 5.69 Å². The molecule has 1 saturated heterocycles. The fourth-order valence-corrected chi connectivity index (χ4v) is 3.74. The Hall–Kier alpha value is -0.150. The van der Waals surface area contributed by atoms with E-state index in [0.717, 1.165) is 4.47 Å². The summed E-state index contributed by atoms with van der Waals surface area (Å²) in [6.07, 6.45) is 0. The molecule has 2 rings (SSSR count). The predicted molar refractivity (Wildman–Crippen MR) is 78.8 cm³/mol. The van der Waals surface area contributed by atoms with Crippen LogP contribution in [-0.4, -0.2) is 38.9 Å². The lowest BCUT2D eigenvalue weighted by molar-refractivity contribution is 0.362. The van der Waals surface area contributed by atoms with Crippen LogP contribution < -0.4 is 10.0 Å². The molecule has 1 fully saturated rings. The van der Waals surface area contributed by atoms with E-state index < -0.39 is 10.2 Å². The molecule has 0 saturated carbocycles. The summed E-state index contributed by atoms with van der Waals surface area (Å²) in [6, 6.07) is 5.36. The van der Waals surface area contributed by atoms with E-state index in [1.165, 1.54) is 4.31 Å². The number of nitrogens with one attached hydrogen (secondary N) is 2. The lowest BCUT2D eigenvalue weighted by Crippen LogP contribution is -2.48. The van der Waals surface area contributed by atoms with Gasteiger partial charge in [0.25, 0.3) is 0 Å². The van der Waals surface area contributed by atoms with Crippen molar-refractivity contribution in [3.63, 3.8) is 0 Å². The molecule has 0 amide bonds. The Bertz CT molecular complexity index is 530. The summed E-state index contributed by atoms with van der Waals surface area (Å²) in [7, 11) is -3.48. The van der Waals surface area contributed by atoms with Crippen LogP contribution in [0, 0.1) is 0 Å². The Balaban J connectivity index is 2.18. The van der Waals surface area contributed by atoms with E-state index in [0.29, 0.717) is 36.3 Å². The second-order valence-corrected chi connectivity index (χ2v) is 7.32. The molecule has 0 aromatic heterocycles. The molecular weight excluding hydrogens is 386 g/mol. The van der Waals surface area contributed by atoms with Crippen LogP contribution in [0.4, 0.5) is 5.69 Å². The first kappa shape index (κ1) is 14.3. The molecule has 1 aliphatic rings. The molecule has 0 spiro atoms. The Morgan fingerprint density at radius 1 is 1.22 bits per heavy atom. The SMILES string of the molecule is O=S(=O)(Nc1cc(Br)ccc1Br)N1CCNCC1. The maximum absolute atomic E-state index is 12.2. The molecule has 5 nitrogen and oxygen atoms in total. The van der Waals surface area contributed by atoms with Crippen molar-refractivity contribution in [1.82, 2.24) is 9.62 Å². The summed E-state index contributed by atoms with van der Waals surface area (Å²) in [5.74, 6) is 0. The van der Waals surface area contributed by atoms with Crippen LogP contribution in [-0.2, 0) is 10.2 Å². The van der Waals surface area contributed by atoms with E-state index in [1.54, 1.807) is 12.1 Å². The van der Waals surface area contributed by atoms with Gasteiger partial charge in [-0.05, 0) is 34.1 Å². The molecule has 0 unspecified atom stereocenters. The van der Waals surface area contributed by atoms with Crippen molar-refractivity contribution >= 4 is 47.8 Å². The van der Waals surface area contributed by atoms with Crippen LogP contribution in [0.5, 0.6) is 0 Å². The quantitative estimate of drug-likeness (QED) is 0.815. The van der Waals surface area contributed by atoms with Gasteiger partial charge in [-0.25, -0.2) is 0 Å². The molecule has 1 aromatic rings. The number of nitrogens with zero attached hydrogens (tertiary/aromatic N) is 1. The molecule has 1 aliphatic heterocycles. The molecule has 0 bridgehead atoms. The van der Waals surface area contributed by atoms with Crippen LogP contribution in [0.2, 0.25) is 0 Å². The Labute approximate surface area is 123 Å². The van der Waals surface area contributed by atoms with E-state index in [1.807, 2.05) is 6.07 Å². The summed E-state index contributed by atoms with van der Waals surface area (Å²) < 4.78 is 29.9. The number of halogens is 2. The maximum atomic E-state index is 12.2. The monoisotopic (exact) mass is 397 g/mol.